The van der Waals surface area contributed by atoms with Crippen molar-refractivity contribution in [2.24, 2.45) is 4.99 Å². The van der Waals surface area contributed by atoms with Crippen LogP contribution in [0.3, 0.4) is 0 Å². The van der Waals surface area contributed by atoms with Gasteiger partial charge in [0.1, 0.15) is 11.4 Å². The number of benzene rings is 4. The molecule has 192 valence electrons. The van der Waals surface area contributed by atoms with Crippen LogP contribution in [0.2, 0.25) is 5.02 Å². The van der Waals surface area contributed by atoms with Gasteiger partial charge in [-0.25, -0.2) is 9.89 Å². The van der Waals surface area contributed by atoms with Crippen LogP contribution in [-0.4, -0.2) is 23.5 Å². The van der Waals surface area contributed by atoms with E-state index in [2.05, 4.69) is 4.57 Å². The first kappa shape index (κ1) is 24.9. The highest BCUT2D eigenvalue weighted by Crippen LogP contribution is 2.32. The molecule has 0 radical (unpaired) electrons. The van der Waals surface area contributed by atoms with Gasteiger partial charge in [0.15, 0.2) is 4.80 Å². The molecule has 0 aliphatic carbocycles. The van der Waals surface area contributed by atoms with Crippen LogP contribution in [0.4, 0.5) is 11.4 Å². The molecule has 0 fully saturated rings. The van der Waals surface area contributed by atoms with E-state index in [0.717, 1.165) is 27.3 Å². The standard InChI is InChI=1S/C31H22ClN3O3S/c1-38-28-12-5-4-11-26(28)33-31-34(18-20-13-15-22(32)16-14-20)27(19-39-31)21-7-6-8-23(17-21)35-29(36)24-9-2-3-10-25(24)30(35)37/h2-17,19H,18H2,1H3. The number of halogens is 1. The number of anilines is 1. The Morgan fingerprint density at radius 3 is 2.26 bits per heavy atom. The third-order valence-corrected chi connectivity index (χ3v) is 7.66. The van der Waals surface area contributed by atoms with Crippen molar-refractivity contribution in [2.75, 3.05) is 12.0 Å². The molecular weight excluding hydrogens is 530 g/mol. The first-order valence-corrected chi connectivity index (χ1v) is 13.5. The minimum Gasteiger partial charge on any atom is -0.494 e. The fraction of sp³-hybridized carbons (Fsp3) is 0.0645. The lowest BCUT2D eigenvalue weighted by molar-refractivity contribution is 0.0926. The largest absolute Gasteiger partial charge is 0.494 e. The van der Waals surface area contributed by atoms with Crippen molar-refractivity contribution in [1.29, 1.82) is 0 Å². The SMILES string of the molecule is COc1ccccc1N=c1scc(-c2cccc(N3C(=O)c4ccccc4C3=O)c2)n1Cc1ccc(Cl)cc1. The number of para-hydroxylation sites is 2. The molecule has 0 N–H and O–H groups in total. The monoisotopic (exact) mass is 551 g/mol. The van der Waals surface area contributed by atoms with Gasteiger partial charge in [0.25, 0.3) is 11.8 Å². The van der Waals surface area contributed by atoms with Crippen molar-refractivity contribution in [2.45, 2.75) is 6.54 Å². The smallest absolute Gasteiger partial charge is 0.266 e. The molecule has 5 aromatic rings. The van der Waals surface area contributed by atoms with Crippen molar-refractivity contribution in [3.05, 3.63) is 129 Å². The van der Waals surface area contributed by atoms with Gasteiger partial charge in [-0.15, -0.1) is 11.3 Å². The first-order chi connectivity index (χ1) is 19.0. The number of imide groups is 1. The molecule has 0 saturated carbocycles. The molecule has 4 aromatic carbocycles. The van der Waals surface area contributed by atoms with Crippen molar-refractivity contribution < 1.29 is 14.3 Å². The van der Waals surface area contributed by atoms with Crippen LogP contribution in [0.25, 0.3) is 11.3 Å². The third kappa shape index (κ3) is 4.67. The molecule has 1 aromatic heterocycles. The zero-order chi connectivity index (χ0) is 26.9. The maximum atomic E-state index is 13.1. The van der Waals surface area contributed by atoms with Crippen LogP contribution in [0, 0.1) is 0 Å². The van der Waals surface area contributed by atoms with Crippen LogP contribution < -0.4 is 14.4 Å². The Bertz CT molecular complexity index is 1750. The Morgan fingerprint density at radius 2 is 1.54 bits per heavy atom. The van der Waals surface area contributed by atoms with E-state index in [-0.39, 0.29) is 11.8 Å². The van der Waals surface area contributed by atoms with E-state index in [0.29, 0.717) is 34.1 Å². The maximum absolute atomic E-state index is 13.1. The number of aromatic nitrogens is 1. The second-order valence-electron chi connectivity index (χ2n) is 8.94. The molecule has 8 heteroatoms. The maximum Gasteiger partial charge on any atom is 0.266 e. The van der Waals surface area contributed by atoms with Gasteiger partial charge in [-0.1, -0.05) is 60.1 Å². The van der Waals surface area contributed by atoms with E-state index in [9.17, 15) is 9.59 Å². The molecule has 2 amide bonds. The highest BCUT2D eigenvalue weighted by atomic mass is 35.5. The quantitative estimate of drug-likeness (QED) is 0.214. The number of methoxy groups -OCH3 is 1. The number of nitrogens with zero attached hydrogens (tertiary/aromatic N) is 3. The van der Waals surface area contributed by atoms with Gasteiger partial charge >= 0.3 is 0 Å². The zero-order valence-electron chi connectivity index (χ0n) is 20.9. The molecule has 1 aliphatic rings. The van der Waals surface area contributed by atoms with E-state index in [1.807, 2.05) is 72.1 Å². The summed E-state index contributed by atoms with van der Waals surface area (Å²) in [6, 6.07) is 29.7. The summed E-state index contributed by atoms with van der Waals surface area (Å²) in [7, 11) is 1.63. The molecular formula is C31H22ClN3O3S. The lowest BCUT2D eigenvalue weighted by atomic mass is 10.1. The highest BCUT2D eigenvalue weighted by Gasteiger charge is 2.36. The van der Waals surface area contributed by atoms with Gasteiger partial charge in [0, 0.05) is 16.0 Å². The minimum absolute atomic E-state index is 0.320. The predicted molar refractivity (Wildman–Crippen MR) is 154 cm³/mol. The number of ether oxygens (including phenoxy) is 1. The van der Waals surface area contributed by atoms with Crippen molar-refractivity contribution in [3.63, 3.8) is 0 Å². The van der Waals surface area contributed by atoms with Gasteiger partial charge in [0.05, 0.1) is 36.2 Å². The number of fused-ring (bicyclic) bond motifs is 1. The number of amides is 2. The molecule has 39 heavy (non-hydrogen) atoms. The Kier molecular flexibility index (Phi) is 6.60. The second kappa shape index (κ2) is 10.4. The average molecular weight is 552 g/mol. The number of rotatable bonds is 6. The normalized spacial score (nSPS) is 13.2. The molecule has 6 rings (SSSR count). The van der Waals surface area contributed by atoms with E-state index in [1.54, 1.807) is 37.4 Å². The summed E-state index contributed by atoms with van der Waals surface area (Å²) in [6.07, 6.45) is 0. The van der Waals surface area contributed by atoms with Crippen LogP contribution in [0.1, 0.15) is 26.3 Å². The molecule has 1 aliphatic heterocycles. The summed E-state index contributed by atoms with van der Waals surface area (Å²) < 4.78 is 7.63. The Morgan fingerprint density at radius 1 is 0.846 bits per heavy atom. The highest BCUT2D eigenvalue weighted by molar-refractivity contribution is 7.07. The van der Waals surface area contributed by atoms with Gasteiger partial charge in [-0.2, -0.15) is 0 Å². The topological polar surface area (TPSA) is 63.9 Å². The van der Waals surface area contributed by atoms with Gasteiger partial charge in [0.2, 0.25) is 0 Å². The summed E-state index contributed by atoms with van der Waals surface area (Å²) >= 11 is 7.64. The number of carbonyl (C=O) groups excluding carboxylic acids is 2. The van der Waals surface area contributed by atoms with Crippen LogP contribution in [0.5, 0.6) is 5.75 Å². The number of thiazole rings is 1. The van der Waals surface area contributed by atoms with E-state index >= 15 is 0 Å². The minimum atomic E-state index is -0.320. The molecule has 0 unspecified atom stereocenters. The van der Waals surface area contributed by atoms with Crippen molar-refractivity contribution in [3.8, 4) is 17.0 Å². The fourth-order valence-corrected chi connectivity index (χ4v) is 5.68. The number of hydrogen-bond donors (Lipinski definition) is 0. The van der Waals surface area contributed by atoms with E-state index < -0.39 is 0 Å². The van der Waals surface area contributed by atoms with Gasteiger partial charge in [-0.05, 0) is 54.1 Å². The van der Waals surface area contributed by atoms with Crippen molar-refractivity contribution in [1.82, 2.24) is 4.57 Å². The van der Waals surface area contributed by atoms with Gasteiger partial charge < -0.3 is 9.30 Å². The van der Waals surface area contributed by atoms with Gasteiger partial charge in [-0.3, -0.25) is 9.59 Å². The molecule has 6 nitrogen and oxygen atoms in total. The molecule has 0 atom stereocenters. The lowest BCUT2D eigenvalue weighted by Crippen LogP contribution is -2.29. The number of carbonyl (C=O) groups is 2. The van der Waals surface area contributed by atoms with E-state index in [1.165, 1.54) is 16.2 Å². The van der Waals surface area contributed by atoms with Crippen LogP contribution in [0.15, 0.2) is 107 Å². The molecule has 0 bridgehead atoms. The summed E-state index contributed by atoms with van der Waals surface area (Å²) in [5.74, 6) is 0.0380. The van der Waals surface area contributed by atoms with Crippen LogP contribution >= 0.6 is 22.9 Å². The number of hydrogen-bond acceptors (Lipinski definition) is 5. The Labute approximate surface area is 234 Å². The summed E-state index contributed by atoms with van der Waals surface area (Å²) in [5, 5.41) is 2.70. The Balaban J connectivity index is 1.46. The van der Waals surface area contributed by atoms with Crippen LogP contribution in [-0.2, 0) is 6.54 Å². The summed E-state index contributed by atoms with van der Waals surface area (Å²) in [4.78, 5) is 33.2. The third-order valence-electron chi connectivity index (χ3n) is 6.55. The Hall–Kier alpha value is -4.46. The lowest BCUT2D eigenvalue weighted by Gasteiger charge is -2.16. The molecule has 2 heterocycles. The average Bonchev–Trinajstić information content (AvgIpc) is 3.47. The zero-order valence-corrected chi connectivity index (χ0v) is 22.4. The first-order valence-electron chi connectivity index (χ1n) is 12.2. The molecule has 0 saturated heterocycles. The second-order valence-corrected chi connectivity index (χ2v) is 10.2. The van der Waals surface area contributed by atoms with E-state index in [4.69, 9.17) is 21.3 Å². The summed E-state index contributed by atoms with van der Waals surface area (Å²) in [5.41, 5.74) is 4.89. The summed E-state index contributed by atoms with van der Waals surface area (Å²) in [6.45, 7) is 0.543. The molecule has 0 spiro atoms. The fourth-order valence-electron chi connectivity index (χ4n) is 4.63. The predicted octanol–water partition coefficient (Wildman–Crippen LogP) is 6.96. The van der Waals surface area contributed by atoms with Crippen molar-refractivity contribution >= 4 is 46.1 Å².